The molecule has 2 N–H and O–H groups in total. The van der Waals surface area contributed by atoms with Crippen molar-refractivity contribution >= 4 is 35.5 Å². The fourth-order valence-electron chi connectivity index (χ4n) is 3.97. The molecule has 0 spiro atoms. The van der Waals surface area contributed by atoms with Crippen molar-refractivity contribution in [3.05, 3.63) is 65.3 Å². The molecule has 0 bridgehead atoms. The van der Waals surface area contributed by atoms with Crippen LogP contribution in [-0.4, -0.2) is 57.5 Å². The summed E-state index contributed by atoms with van der Waals surface area (Å²) >= 11 is 5.96. The molecule has 0 atom stereocenters. The van der Waals surface area contributed by atoms with Gasteiger partial charge in [-0.15, -0.1) is 0 Å². The van der Waals surface area contributed by atoms with Gasteiger partial charge in [0.2, 0.25) is 5.95 Å². The van der Waals surface area contributed by atoms with Crippen LogP contribution in [-0.2, 0) is 11.2 Å². The van der Waals surface area contributed by atoms with E-state index in [9.17, 15) is 9.90 Å². The summed E-state index contributed by atoms with van der Waals surface area (Å²) in [6, 6.07) is 15.3. The zero-order valence-electron chi connectivity index (χ0n) is 20.4. The second kappa shape index (κ2) is 11.9. The van der Waals surface area contributed by atoms with Crippen molar-refractivity contribution in [2.24, 2.45) is 4.99 Å². The van der Waals surface area contributed by atoms with Crippen LogP contribution < -0.4 is 5.32 Å². The summed E-state index contributed by atoms with van der Waals surface area (Å²) in [5.74, 6) is 0.429. The molecule has 1 amide bonds. The van der Waals surface area contributed by atoms with E-state index in [0.717, 1.165) is 35.3 Å². The number of anilines is 1. The van der Waals surface area contributed by atoms with Crippen LogP contribution in [0.2, 0.25) is 5.02 Å². The highest BCUT2D eigenvalue weighted by molar-refractivity contribution is 6.32. The number of carbonyl (C=O) groups is 1. The number of amides is 1. The lowest BCUT2D eigenvalue weighted by atomic mass is 10.0. The Labute approximate surface area is 216 Å². The number of likely N-dealkylation sites (tertiary alicyclic amines) is 1. The number of benzene rings is 2. The average molecular weight is 508 g/mol. The zero-order chi connectivity index (χ0) is 25.5. The third-order valence-corrected chi connectivity index (χ3v) is 6.11. The number of phenolic OH excluding ortho intramolecular Hbond substituents is 1. The molecule has 0 unspecified atom stereocenters. The Kier molecular flexibility index (Phi) is 8.38. The van der Waals surface area contributed by atoms with Crippen molar-refractivity contribution < 1.29 is 14.6 Å². The molecule has 1 aliphatic heterocycles. The molecule has 2 aromatic carbocycles. The Morgan fingerprint density at radius 1 is 1.25 bits per heavy atom. The first kappa shape index (κ1) is 25.4. The number of nitrogens with zero attached hydrogens (tertiary/aromatic N) is 4. The maximum Gasteiger partial charge on any atom is 0.410 e. The van der Waals surface area contributed by atoms with Crippen LogP contribution in [0.15, 0.2) is 59.7 Å². The van der Waals surface area contributed by atoms with E-state index in [1.165, 1.54) is 0 Å². The highest BCUT2D eigenvalue weighted by Crippen LogP contribution is 2.25. The fraction of sp³-hybridized carbons (Fsp3) is 0.333. The number of aromatic hydroxyl groups is 1. The number of carbonyl (C=O) groups excluding carboxylic acids is 1. The molecule has 0 saturated carbocycles. The van der Waals surface area contributed by atoms with E-state index in [2.05, 4.69) is 26.3 Å². The normalized spacial score (nSPS) is 14.4. The number of rotatable bonds is 7. The molecule has 3 aromatic rings. The maximum absolute atomic E-state index is 12.1. The van der Waals surface area contributed by atoms with Gasteiger partial charge in [-0.25, -0.2) is 19.8 Å². The molecule has 1 saturated heterocycles. The minimum absolute atomic E-state index is 0.0573. The van der Waals surface area contributed by atoms with E-state index in [0.29, 0.717) is 30.5 Å². The van der Waals surface area contributed by atoms with Crippen molar-refractivity contribution in [1.82, 2.24) is 14.9 Å². The number of nitrogens with one attached hydrogen (secondary N) is 1. The first-order valence-corrected chi connectivity index (χ1v) is 12.4. The SMILES string of the molecule is CC(C)OC(=O)N1CCC(Nc2cccc(-c3ccnc(/N=C/Cc4ccc(O)c(Cl)c4)n3)c2)CC1. The number of phenols is 1. The Hall–Kier alpha value is -3.65. The zero-order valence-corrected chi connectivity index (χ0v) is 21.2. The van der Waals surface area contributed by atoms with Crippen molar-refractivity contribution in [3.8, 4) is 17.0 Å². The third kappa shape index (κ3) is 6.95. The molecule has 9 heteroatoms. The molecule has 1 aromatic heterocycles. The predicted octanol–water partition coefficient (Wildman–Crippen LogP) is 5.87. The van der Waals surface area contributed by atoms with Crippen LogP contribution in [0.25, 0.3) is 11.3 Å². The van der Waals surface area contributed by atoms with E-state index in [-0.39, 0.29) is 24.0 Å². The standard InChI is InChI=1S/C27H30ClN5O3/c1-18(2)36-27(35)33-14-10-21(11-15-33)31-22-5-3-4-20(17-22)24-9-13-30-26(32-24)29-12-8-19-6-7-25(34)23(28)16-19/h3-7,9,12-13,16-18,21,31,34H,8,10-11,14-15H2,1-2H3/b29-12+. The van der Waals surface area contributed by atoms with Crippen molar-refractivity contribution in [1.29, 1.82) is 0 Å². The van der Waals surface area contributed by atoms with Gasteiger partial charge in [0, 0.05) is 49.2 Å². The van der Waals surface area contributed by atoms with Gasteiger partial charge < -0.3 is 20.1 Å². The predicted molar refractivity (Wildman–Crippen MR) is 142 cm³/mol. The van der Waals surface area contributed by atoms with Gasteiger partial charge in [-0.2, -0.15) is 0 Å². The van der Waals surface area contributed by atoms with E-state index in [1.807, 2.05) is 38.1 Å². The van der Waals surface area contributed by atoms with Gasteiger partial charge in [0.1, 0.15) is 5.75 Å². The number of piperidine rings is 1. The topological polar surface area (TPSA) is 99.9 Å². The molecule has 0 radical (unpaired) electrons. The Balaban J connectivity index is 1.36. The second-order valence-corrected chi connectivity index (χ2v) is 9.37. The Morgan fingerprint density at radius 2 is 2.06 bits per heavy atom. The molecule has 36 heavy (non-hydrogen) atoms. The lowest BCUT2D eigenvalue weighted by Crippen LogP contribution is -2.43. The molecule has 188 valence electrons. The summed E-state index contributed by atoms with van der Waals surface area (Å²) < 4.78 is 5.30. The average Bonchev–Trinajstić information content (AvgIpc) is 2.86. The summed E-state index contributed by atoms with van der Waals surface area (Å²) in [4.78, 5) is 27.1. The number of aromatic nitrogens is 2. The van der Waals surface area contributed by atoms with Gasteiger partial charge in [0.15, 0.2) is 0 Å². The molecular formula is C27H30ClN5O3. The van der Waals surface area contributed by atoms with Crippen LogP contribution in [0, 0.1) is 0 Å². The van der Waals surface area contributed by atoms with Crippen LogP contribution in [0.5, 0.6) is 5.75 Å². The summed E-state index contributed by atoms with van der Waals surface area (Å²) in [6.45, 7) is 5.07. The molecular weight excluding hydrogens is 478 g/mol. The van der Waals surface area contributed by atoms with Gasteiger partial charge in [-0.3, -0.25) is 0 Å². The summed E-state index contributed by atoms with van der Waals surface area (Å²) in [5, 5.41) is 13.4. The number of ether oxygens (including phenoxy) is 1. The van der Waals surface area contributed by atoms with Gasteiger partial charge in [0.05, 0.1) is 16.8 Å². The highest BCUT2D eigenvalue weighted by Gasteiger charge is 2.24. The fourth-order valence-corrected chi connectivity index (χ4v) is 4.17. The minimum atomic E-state index is -0.237. The van der Waals surface area contributed by atoms with Crippen molar-refractivity contribution in [2.75, 3.05) is 18.4 Å². The lowest BCUT2D eigenvalue weighted by molar-refractivity contribution is 0.0701. The second-order valence-electron chi connectivity index (χ2n) is 8.96. The first-order valence-electron chi connectivity index (χ1n) is 12.0. The third-order valence-electron chi connectivity index (χ3n) is 5.81. The quantitative estimate of drug-likeness (QED) is 0.388. The van der Waals surface area contributed by atoms with Gasteiger partial charge in [-0.05, 0) is 62.6 Å². The van der Waals surface area contributed by atoms with Crippen LogP contribution in [0.3, 0.4) is 0 Å². The van der Waals surface area contributed by atoms with Gasteiger partial charge in [0.25, 0.3) is 0 Å². The maximum atomic E-state index is 12.1. The number of aliphatic imine (C=N–C) groups is 1. The smallest absolute Gasteiger partial charge is 0.410 e. The molecule has 2 heterocycles. The first-order chi connectivity index (χ1) is 17.4. The van der Waals surface area contributed by atoms with Crippen molar-refractivity contribution in [2.45, 2.75) is 45.3 Å². The molecule has 4 rings (SSSR count). The van der Waals surface area contributed by atoms with Crippen LogP contribution in [0.4, 0.5) is 16.4 Å². The number of hydrogen-bond donors (Lipinski definition) is 2. The monoisotopic (exact) mass is 507 g/mol. The molecule has 1 fully saturated rings. The van der Waals surface area contributed by atoms with E-state index in [4.69, 9.17) is 16.3 Å². The molecule has 1 aliphatic rings. The highest BCUT2D eigenvalue weighted by atomic mass is 35.5. The van der Waals surface area contributed by atoms with Crippen LogP contribution in [0.1, 0.15) is 32.3 Å². The summed E-state index contributed by atoms with van der Waals surface area (Å²) in [6.07, 6.45) is 5.33. The van der Waals surface area contributed by atoms with E-state index < -0.39 is 0 Å². The molecule has 0 aliphatic carbocycles. The number of hydrogen-bond acceptors (Lipinski definition) is 7. The van der Waals surface area contributed by atoms with E-state index >= 15 is 0 Å². The lowest BCUT2D eigenvalue weighted by Gasteiger charge is -2.32. The molecule has 8 nitrogen and oxygen atoms in total. The van der Waals surface area contributed by atoms with Crippen LogP contribution >= 0.6 is 11.6 Å². The summed E-state index contributed by atoms with van der Waals surface area (Å²) in [7, 11) is 0. The van der Waals surface area contributed by atoms with Crippen molar-refractivity contribution in [3.63, 3.8) is 0 Å². The Bertz CT molecular complexity index is 1230. The Morgan fingerprint density at radius 3 is 2.81 bits per heavy atom. The largest absolute Gasteiger partial charge is 0.506 e. The van der Waals surface area contributed by atoms with E-state index in [1.54, 1.807) is 35.5 Å². The number of halogens is 1. The summed E-state index contributed by atoms with van der Waals surface area (Å²) in [5.41, 5.74) is 3.67. The minimum Gasteiger partial charge on any atom is -0.506 e. The van der Waals surface area contributed by atoms with Gasteiger partial charge >= 0.3 is 6.09 Å². The van der Waals surface area contributed by atoms with Gasteiger partial charge in [-0.1, -0.05) is 29.8 Å².